The number of rotatable bonds is 8. The molecule has 3 rings (SSSR count). The Hall–Kier alpha value is -1.80. The van der Waals surface area contributed by atoms with Crippen LogP contribution >= 0.6 is 0 Å². The van der Waals surface area contributed by atoms with E-state index in [0.717, 1.165) is 0 Å². The maximum absolute atomic E-state index is 11.6. The standard InChI is InChI=1S/C23H30O6/c1-19(2)22(28,20(26,15-24)13-17-9-5-3-6-10-17)23(19,29)21(27,16-25)14-18-11-7-4-8-12-18/h3-12,24-29H,13-16H2,1-2H3/t20-,21-,22-,23-/m1/s1. The second-order valence-corrected chi connectivity index (χ2v) is 8.75. The van der Waals surface area contributed by atoms with Gasteiger partial charge in [-0.3, -0.25) is 0 Å². The maximum atomic E-state index is 11.6. The van der Waals surface area contributed by atoms with Crippen LogP contribution in [0.15, 0.2) is 60.7 Å². The molecule has 6 N–H and O–H groups in total. The van der Waals surface area contributed by atoms with Crippen LogP contribution in [0.4, 0.5) is 0 Å². The summed E-state index contributed by atoms with van der Waals surface area (Å²) in [6.07, 6.45) is -0.279. The third-order valence-electron chi connectivity index (χ3n) is 6.82. The first-order valence-electron chi connectivity index (χ1n) is 9.72. The summed E-state index contributed by atoms with van der Waals surface area (Å²) in [5, 5.41) is 65.9. The van der Waals surface area contributed by atoms with Crippen molar-refractivity contribution in [3.63, 3.8) is 0 Å². The Morgan fingerprint density at radius 1 is 0.655 bits per heavy atom. The van der Waals surface area contributed by atoms with Gasteiger partial charge < -0.3 is 30.6 Å². The molecule has 1 fully saturated rings. The van der Waals surface area contributed by atoms with Crippen molar-refractivity contribution in [1.29, 1.82) is 0 Å². The monoisotopic (exact) mass is 402 g/mol. The lowest BCUT2D eigenvalue weighted by atomic mass is 9.79. The van der Waals surface area contributed by atoms with Gasteiger partial charge in [0.2, 0.25) is 0 Å². The van der Waals surface area contributed by atoms with E-state index in [9.17, 15) is 30.6 Å². The van der Waals surface area contributed by atoms with Crippen LogP contribution in [-0.4, -0.2) is 66.3 Å². The van der Waals surface area contributed by atoms with Crippen LogP contribution in [0.5, 0.6) is 0 Å². The van der Waals surface area contributed by atoms with Gasteiger partial charge in [-0.15, -0.1) is 0 Å². The summed E-state index contributed by atoms with van der Waals surface area (Å²) in [6.45, 7) is 1.34. The van der Waals surface area contributed by atoms with Gasteiger partial charge in [0.25, 0.3) is 0 Å². The predicted octanol–water partition coefficient (Wildman–Crippen LogP) is 0.421. The molecular weight excluding hydrogens is 372 g/mol. The van der Waals surface area contributed by atoms with Crippen molar-refractivity contribution in [2.45, 2.75) is 49.1 Å². The molecule has 0 aromatic heterocycles. The van der Waals surface area contributed by atoms with Crippen molar-refractivity contribution in [1.82, 2.24) is 0 Å². The number of aliphatic hydroxyl groups is 6. The molecule has 0 unspecified atom stereocenters. The summed E-state index contributed by atoms with van der Waals surface area (Å²) >= 11 is 0. The van der Waals surface area contributed by atoms with Gasteiger partial charge in [-0.05, 0) is 11.1 Å². The summed E-state index contributed by atoms with van der Waals surface area (Å²) in [5.74, 6) is 0. The summed E-state index contributed by atoms with van der Waals surface area (Å²) in [6, 6.07) is 17.6. The van der Waals surface area contributed by atoms with Gasteiger partial charge >= 0.3 is 0 Å². The molecule has 0 amide bonds. The van der Waals surface area contributed by atoms with E-state index in [4.69, 9.17) is 0 Å². The number of hydrogen-bond donors (Lipinski definition) is 6. The molecule has 1 aliphatic rings. The SMILES string of the molecule is CC1(C)[C@@](O)([C@](O)(CO)Cc2ccccc2)[C@]1(O)[C@](O)(CO)Cc1ccccc1. The Bertz CT molecular complexity index is 771. The number of aliphatic hydroxyl groups excluding tert-OH is 2. The fourth-order valence-corrected chi connectivity index (χ4v) is 5.13. The lowest BCUT2D eigenvalue weighted by Gasteiger charge is -2.40. The molecule has 2 aromatic carbocycles. The van der Waals surface area contributed by atoms with E-state index >= 15 is 0 Å². The molecule has 4 atom stereocenters. The molecule has 0 aliphatic heterocycles. The maximum Gasteiger partial charge on any atom is 0.136 e. The highest BCUT2D eigenvalue weighted by atomic mass is 16.5. The Labute approximate surface area is 170 Å². The molecule has 0 spiro atoms. The van der Waals surface area contributed by atoms with Crippen LogP contribution < -0.4 is 0 Å². The Balaban J connectivity index is 2.03. The van der Waals surface area contributed by atoms with Crippen molar-refractivity contribution in [2.24, 2.45) is 5.41 Å². The van der Waals surface area contributed by atoms with Crippen molar-refractivity contribution in [3.05, 3.63) is 71.8 Å². The Morgan fingerprint density at radius 3 is 1.24 bits per heavy atom. The molecular formula is C23H30O6. The first-order chi connectivity index (χ1) is 13.5. The van der Waals surface area contributed by atoms with Crippen LogP contribution in [0, 0.1) is 5.41 Å². The first-order valence-corrected chi connectivity index (χ1v) is 9.72. The fraction of sp³-hybridized carbons (Fsp3) is 0.478. The minimum Gasteiger partial charge on any atom is -0.393 e. The summed E-state index contributed by atoms with van der Waals surface area (Å²) in [7, 11) is 0. The summed E-state index contributed by atoms with van der Waals surface area (Å²) in [5.41, 5.74) is -8.96. The van der Waals surface area contributed by atoms with Gasteiger partial charge in [-0.2, -0.15) is 0 Å². The summed E-state index contributed by atoms with van der Waals surface area (Å²) in [4.78, 5) is 0. The Morgan fingerprint density at radius 2 is 0.966 bits per heavy atom. The highest BCUT2D eigenvalue weighted by molar-refractivity contribution is 5.45. The van der Waals surface area contributed by atoms with E-state index < -0.39 is 41.0 Å². The number of benzene rings is 2. The smallest absolute Gasteiger partial charge is 0.136 e. The lowest BCUT2D eigenvalue weighted by Crippen LogP contribution is -2.62. The first kappa shape index (κ1) is 21.9. The molecule has 0 heterocycles. The highest BCUT2D eigenvalue weighted by Gasteiger charge is 2.93. The molecule has 6 heteroatoms. The van der Waals surface area contributed by atoms with Gasteiger partial charge in [0.1, 0.15) is 22.4 Å². The Kier molecular flexibility index (Phi) is 5.41. The van der Waals surface area contributed by atoms with Crippen molar-refractivity contribution >= 4 is 0 Å². The molecule has 6 nitrogen and oxygen atoms in total. The third kappa shape index (κ3) is 2.86. The topological polar surface area (TPSA) is 121 Å². The van der Waals surface area contributed by atoms with Crippen LogP contribution in [0.25, 0.3) is 0 Å². The van der Waals surface area contributed by atoms with E-state index in [0.29, 0.717) is 11.1 Å². The number of hydrogen-bond acceptors (Lipinski definition) is 6. The van der Waals surface area contributed by atoms with Gasteiger partial charge in [0.15, 0.2) is 0 Å². The zero-order valence-electron chi connectivity index (χ0n) is 16.8. The average Bonchev–Trinajstić information content (AvgIpc) is 3.11. The van der Waals surface area contributed by atoms with Gasteiger partial charge in [-0.1, -0.05) is 74.5 Å². The quantitative estimate of drug-likeness (QED) is 0.381. The van der Waals surface area contributed by atoms with Crippen LogP contribution in [0.3, 0.4) is 0 Å². The normalized spacial score (nSPS) is 29.7. The van der Waals surface area contributed by atoms with Crippen LogP contribution in [0.2, 0.25) is 0 Å². The molecule has 158 valence electrons. The second kappa shape index (κ2) is 7.16. The fourth-order valence-electron chi connectivity index (χ4n) is 5.13. The van der Waals surface area contributed by atoms with E-state index in [2.05, 4.69) is 0 Å². The van der Waals surface area contributed by atoms with E-state index in [1.165, 1.54) is 13.8 Å². The summed E-state index contributed by atoms with van der Waals surface area (Å²) < 4.78 is 0. The van der Waals surface area contributed by atoms with Crippen molar-refractivity contribution in [2.75, 3.05) is 13.2 Å². The molecule has 0 bridgehead atoms. The zero-order chi connectivity index (χ0) is 21.6. The van der Waals surface area contributed by atoms with Crippen LogP contribution in [-0.2, 0) is 12.8 Å². The minimum absolute atomic E-state index is 0.139. The van der Waals surface area contributed by atoms with Crippen molar-refractivity contribution in [3.8, 4) is 0 Å². The van der Waals surface area contributed by atoms with E-state index in [1.54, 1.807) is 60.7 Å². The molecule has 29 heavy (non-hydrogen) atoms. The van der Waals surface area contributed by atoms with Crippen molar-refractivity contribution < 1.29 is 30.6 Å². The molecule has 2 aromatic rings. The predicted molar refractivity (Wildman–Crippen MR) is 108 cm³/mol. The van der Waals surface area contributed by atoms with Gasteiger partial charge in [0.05, 0.1) is 13.2 Å². The lowest BCUT2D eigenvalue weighted by molar-refractivity contribution is -0.203. The minimum atomic E-state index is -2.27. The molecule has 0 saturated heterocycles. The third-order valence-corrected chi connectivity index (χ3v) is 6.82. The van der Waals surface area contributed by atoms with E-state index in [-0.39, 0.29) is 12.8 Å². The average molecular weight is 402 g/mol. The molecule has 1 saturated carbocycles. The van der Waals surface area contributed by atoms with Crippen LogP contribution in [0.1, 0.15) is 25.0 Å². The van der Waals surface area contributed by atoms with Gasteiger partial charge in [0, 0.05) is 18.3 Å². The molecule has 0 radical (unpaired) electrons. The van der Waals surface area contributed by atoms with Gasteiger partial charge in [-0.25, -0.2) is 0 Å². The zero-order valence-corrected chi connectivity index (χ0v) is 16.8. The second-order valence-electron chi connectivity index (χ2n) is 8.75. The highest BCUT2D eigenvalue weighted by Crippen LogP contribution is 2.73. The van der Waals surface area contributed by atoms with E-state index in [1.807, 2.05) is 0 Å². The largest absolute Gasteiger partial charge is 0.393 e. The molecule has 1 aliphatic carbocycles.